The van der Waals surface area contributed by atoms with Gasteiger partial charge in [-0.1, -0.05) is 17.7 Å². The first-order valence-electron chi connectivity index (χ1n) is 8.84. The number of ether oxygens (including phenoxy) is 1. The van der Waals surface area contributed by atoms with E-state index in [2.05, 4.69) is 30.0 Å². The minimum Gasteiger partial charge on any atom is -0.468 e. The van der Waals surface area contributed by atoms with Crippen LogP contribution in [0.25, 0.3) is 5.57 Å². The molecule has 0 radical (unpaired) electrons. The first-order chi connectivity index (χ1) is 13.4. The van der Waals surface area contributed by atoms with E-state index in [-0.39, 0.29) is 5.88 Å². The van der Waals surface area contributed by atoms with E-state index >= 15 is 0 Å². The summed E-state index contributed by atoms with van der Waals surface area (Å²) in [5.74, 6) is 0.672. The molecule has 0 fully saturated rings. The Kier molecular flexibility index (Phi) is 6.23. The highest BCUT2D eigenvalue weighted by atomic mass is 19.4. The molecule has 0 saturated carbocycles. The van der Waals surface area contributed by atoms with E-state index < -0.39 is 12.8 Å². The number of anilines is 1. The smallest absolute Gasteiger partial charge is 0.422 e. The van der Waals surface area contributed by atoms with Gasteiger partial charge in [0.25, 0.3) is 0 Å². The van der Waals surface area contributed by atoms with Crippen LogP contribution >= 0.6 is 0 Å². The summed E-state index contributed by atoms with van der Waals surface area (Å²) in [6.07, 6.45) is 4.82. The van der Waals surface area contributed by atoms with Crippen LogP contribution in [0.15, 0.2) is 41.9 Å². The van der Waals surface area contributed by atoms with Gasteiger partial charge in [-0.25, -0.2) is 19.9 Å². The molecule has 6 nitrogen and oxygen atoms in total. The molecule has 148 valence electrons. The third-order valence-electron chi connectivity index (χ3n) is 4.13. The summed E-state index contributed by atoms with van der Waals surface area (Å²) < 4.78 is 41.1. The summed E-state index contributed by atoms with van der Waals surface area (Å²) in [7, 11) is 0. The maximum Gasteiger partial charge on any atom is 0.422 e. The lowest BCUT2D eigenvalue weighted by molar-refractivity contribution is -0.154. The normalized spacial score (nSPS) is 13.9. The summed E-state index contributed by atoms with van der Waals surface area (Å²) in [6.45, 7) is 1.28. The van der Waals surface area contributed by atoms with Crippen molar-refractivity contribution in [3.8, 4) is 5.88 Å². The fourth-order valence-corrected chi connectivity index (χ4v) is 2.75. The topological polar surface area (TPSA) is 72.3 Å². The van der Waals surface area contributed by atoms with Crippen LogP contribution in [0.3, 0.4) is 0 Å². The quantitative estimate of drug-likeness (QED) is 0.820. The largest absolute Gasteiger partial charge is 0.468 e. The number of aromatic nitrogens is 3. The van der Waals surface area contributed by atoms with Gasteiger partial charge in [0.1, 0.15) is 12.1 Å². The highest BCUT2D eigenvalue weighted by Crippen LogP contribution is 2.17. The second-order valence-electron chi connectivity index (χ2n) is 6.34. The standard InChI is InChI=1S/C19H20F3N5O/c1-13-4-2-3-8-23-17-16(13)18(27-12-26-17)24-9-7-14-5-6-15(25-10-14)28-11-19(20,21)22/h3,5-6,8,10,12H,2,4,7,9,11H2,1H3,(H,23,24,26,27). The molecule has 2 aromatic heterocycles. The van der Waals surface area contributed by atoms with Crippen molar-refractivity contribution in [2.24, 2.45) is 4.99 Å². The number of halogens is 3. The Bertz CT molecular complexity index is 955. The Morgan fingerprint density at radius 1 is 1.18 bits per heavy atom. The van der Waals surface area contributed by atoms with Gasteiger partial charge in [0.05, 0.1) is 5.22 Å². The molecule has 2 aromatic rings. The minimum absolute atomic E-state index is 0.0499. The number of nitrogens with one attached hydrogen (secondary N) is 1. The molecule has 3 rings (SSSR count). The van der Waals surface area contributed by atoms with Gasteiger partial charge < -0.3 is 10.1 Å². The number of nitrogens with zero attached hydrogens (tertiary/aromatic N) is 4. The van der Waals surface area contributed by atoms with Gasteiger partial charge in [-0.2, -0.15) is 13.2 Å². The van der Waals surface area contributed by atoms with E-state index in [0.717, 1.165) is 29.4 Å². The van der Waals surface area contributed by atoms with Gasteiger partial charge in [-0.15, -0.1) is 0 Å². The molecule has 0 unspecified atom stereocenters. The molecule has 9 heteroatoms. The van der Waals surface area contributed by atoms with E-state index in [4.69, 9.17) is 0 Å². The molecule has 0 amide bonds. The van der Waals surface area contributed by atoms with Crippen molar-refractivity contribution in [2.45, 2.75) is 32.4 Å². The molecule has 0 spiro atoms. The Hall–Kier alpha value is -2.97. The fraction of sp³-hybridized carbons (Fsp3) is 0.368. The molecule has 1 N–H and O–H groups in total. The van der Waals surface area contributed by atoms with Crippen molar-refractivity contribution in [2.75, 3.05) is 18.5 Å². The number of rotatable bonds is 6. The Balaban J connectivity index is 1.64. The summed E-state index contributed by atoms with van der Waals surface area (Å²) >= 11 is 0. The minimum atomic E-state index is -4.38. The number of fused-ring (bicyclic) bond motifs is 1. The van der Waals surface area contributed by atoms with Gasteiger partial charge in [-0.05, 0) is 31.7 Å². The van der Waals surface area contributed by atoms with Crippen LogP contribution in [0.1, 0.15) is 25.3 Å². The number of alkyl halides is 3. The highest BCUT2D eigenvalue weighted by Gasteiger charge is 2.28. The molecule has 0 aliphatic carbocycles. The van der Waals surface area contributed by atoms with Crippen LogP contribution in [0.4, 0.5) is 19.0 Å². The summed E-state index contributed by atoms with van der Waals surface area (Å²) in [5, 5.41) is 4.21. The zero-order valence-corrected chi connectivity index (χ0v) is 15.3. The van der Waals surface area contributed by atoms with E-state index in [1.807, 2.05) is 13.0 Å². The van der Waals surface area contributed by atoms with Crippen LogP contribution in [0, 0.1) is 0 Å². The summed E-state index contributed by atoms with van der Waals surface area (Å²) in [6, 6.07) is 3.13. The Morgan fingerprint density at radius 3 is 2.79 bits per heavy atom. The maximum atomic E-state index is 12.2. The molecule has 3 heterocycles. The predicted octanol–water partition coefficient (Wildman–Crippen LogP) is 2.57. The Morgan fingerprint density at radius 2 is 2.04 bits per heavy atom. The molecule has 0 aromatic carbocycles. The zero-order valence-electron chi connectivity index (χ0n) is 15.3. The van der Waals surface area contributed by atoms with Crippen molar-refractivity contribution < 1.29 is 17.9 Å². The van der Waals surface area contributed by atoms with Crippen molar-refractivity contribution in [3.63, 3.8) is 0 Å². The summed E-state index contributed by atoms with van der Waals surface area (Å²) in [4.78, 5) is 16.9. The lowest BCUT2D eigenvalue weighted by Gasteiger charge is -2.10. The van der Waals surface area contributed by atoms with Gasteiger partial charge >= 0.3 is 6.18 Å². The lowest BCUT2D eigenvalue weighted by atomic mass is 10.1. The number of allylic oxidation sites excluding steroid dienone is 1. The average molecular weight is 391 g/mol. The van der Waals surface area contributed by atoms with E-state index in [1.54, 1.807) is 12.3 Å². The van der Waals surface area contributed by atoms with E-state index in [0.29, 0.717) is 18.5 Å². The summed E-state index contributed by atoms with van der Waals surface area (Å²) in [5.41, 5.74) is 2.68. The van der Waals surface area contributed by atoms with Crippen LogP contribution in [-0.2, 0) is 6.42 Å². The number of hydrogen-bond donors (Lipinski definition) is 1. The SMILES string of the molecule is CC1=c2c(NCCc3ccc(OCC(F)(F)F)nc3)ncnc2=NC=CCC1. The van der Waals surface area contributed by atoms with Crippen LogP contribution in [0.2, 0.25) is 0 Å². The average Bonchev–Trinajstić information content (AvgIpc) is 2.65. The van der Waals surface area contributed by atoms with Crippen molar-refractivity contribution in [1.82, 2.24) is 15.0 Å². The molecule has 0 atom stereocenters. The van der Waals surface area contributed by atoms with Gasteiger partial charge in [0, 0.05) is 25.0 Å². The van der Waals surface area contributed by atoms with Crippen LogP contribution in [-0.4, -0.2) is 34.3 Å². The van der Waals surface area contributed by atoms with Crippen LogP contribution < -0.4 is 20.8 Å². The molecular formula is C19H20F3N5O. The third-order valence-corrected chi connectivity index (χ3v) is 4.13. The van der Waals surface area contributed by atoms with Crippen molar-refractivity contribution in [3.05, 3.63) is 53.2 Å². The molecule has 1 aliphatic heterocycles. The van der Waals surface area contributed by atoms with Gasteiger partial charge in [0.15, 0.2) is 12.1 Å². The molecule has 1 aliphatic rings. The Labute approximate surface area is 159 Å². The fourth-order valence-electron chi connectivity index (χ4n) is 2.75. The highest BCUT2D eigenvalue weighted by molar-refractivity contribution is 5.51. The zero-order chi connectivity index (χ0) is 20.0. The van der Waals surface area contributed by atoms with Crippen molar-refractivity contribution in [1.29, 1.82) is 0 Å². The first-order valence-corrected chi connectivity index (χ1v) is 8.84. The maximum absolute atomic E-state index is 12.2. The molecule has 0 saturated heterocycles. The molecule has 0 bridgehead atoms. The van der Waals surface area contributed by atoms with Gasteiger partial charge in [0.2, 0.25) is 5.88 Å². The predicted molar refractivity (Wildman–Crippen MR) is 98.2 cm³/mol. The van der Waals surface area contributed by atoms with Gasteiger partial charge in [-0.3, -0.25) is 0 Å². The first kappa shape index (κ1) is 19.8. The lowest BCUT2D eigenvalue weighted by Crippen LogP contribution is -2.34. The second-order valence-corrected chi connectivity index (χ2v) is 6.34. The third kappa shape index (κ3) is 5.51. The second kappa shape index (κ2) is 8.81. The number of pyridine rings is 1. The van der Waals surface area contributed by atoms with E-state index in [1.165, 1.54) is 24.2 Å². The number of hydrogen-bond acceptors (Lipinski definition) is 6. The van der Waals surface area contributed by atoms with Crippen LogP contribution in [0.5, 0.6) is 5.88 Å². The van der Waals surface area contributed by atoms with E-state index in [9.17, 15) is 13.2 Å². The monoisotopic (exact) mass is 391 g/mol. The van der Waals surface area contributed by atoms with Crippen molar-refractivity contribution >= 4 is 11.4 Å². The molecular weight excluding hydrogens is 371 g/mol. The molecule has 28 heavy (non-hydrogen) atoms.